The number of benzene rings is 2. The van der Waals surface area contributed by atoms with Crippen molar-refractivity contribution in [3.63, 3.8) is 0 Å². The number of aromatic nitrogens is 6. The van der Waals surface area contributed by atoms with E-state index in [1.807, 2.05) is 121 Å². The van der Waals surface area contributed by atoms with Crippen LogP contribution >= 0.6 is 0 Å². The molecule has 1 N–H and O–H groups in total. The van der Waals surface area contributed by atoms with Crippen molar-refractivity contribution < 1.29 is 29.0 Å². The fourth-order valence-electron chi connectivity index (χ4n) is 7.58. The van der Waals surface area contributed by atoms with Crippen LogP contribution in [-0.2, 0) is 79.3 Å². The predicted molar refractivity (Wildman–Crippen MR) is 267 cm³/mol. The minimum atomic E-state index is -0.876. The van der Waals surface area contributed by atoms with Gasteiger partial charge in [-0.1, -0.05) is 72.8 Å². The van der Waals surface area contributed by atoms with Crippen molar-refractivity contribution in [2.24, 2.45) is 0 Å². The largest absolute Gasteiger partial charge is 0.481 e. The van der Waals surface area contributed by atoms with Gasteiger partial charge >= 0.3 is 11.9 Å². The molecule has 6 heterocycles. The zero-order chi connectivity index (χ0) is 49.6. The second kappa shape index (κ2) is 26.3. The first-order chi connectivity index (χ1) is 34.6. The molecular formula is C57H54N8O6. The molecule has 0 atom stereocenters. The number of nitrogens with zero attached hydrogens (tertiary/aromatic N) is 8. The number of pyridine rings is 6. The second-order valence-electron chi connectivity index (χ2n) is 16.8. The lowest BCUT2D eigenvalue weighted by atomic mass is 10.0. The highest BCUT2D eigenvalue weighted by molar-refractivity contribution is 5.97. The number of carbonyl (C=O) groups excluding carboxylic acids is 3. The van der Waals surface area contributed by atoms with Gasteiger partial charge in [-0.05, 0) is 95.1 Å². The van der Waals surface area contributed by atoms with E-state index in [-0.39, 0.29) is 43.2 Å². The number of hydrogen-bond acceptors (Lipinski definition) is 13. The number of aliphatic carboxylic acids is 1. The molecule has 0 radical (unpaired) electrons. The van der Waals surface area contributed by atoms with Gasteiger partial charge in [-0.15, -0.1) is 0 Å². The zero-order valence-corrected chi connectivity index (χ0v) is 39.5. The molecule has 0 spiro atoms. The molecule has 8 aromatic rings. The van der Waals surface area contributed by atoms with Crippen LogP contribution in [0.2, 0.25) is 0 Å². The number of ketones is 2. The lowest BCUT2D eigenvalue weighted by Crippen LogP contribution is -2.24. The molecule has 0 unspecified atom stereocenters. The van der Waals surface area contributed by atoms with Crippen molar-refractivity contribution in [1.82, 2.24) is 39.7 Å². The highest BCUT2D eigenvalue weighted by Gasteiger charge is 2.15. The van der Waals surface area contributed by atoms with Crippen molar-refractivity contribution in [2.75, 3.05) is 7.11 Å². The summed E-state index contributed by atoms with van der Waals surface area (Å²) in [6.07, 6.45) is 11.1. The Kier molecular flexibility index (Phi) is 18.7. The molecular weight excluding hydrogens is 893 g/mol. The smallest absolute Gasteiger partial charge is 0.309 e. The Labute approximate surface area is 413 Å². The Hall–Kier alpha value is -8.46. The van der Waals surface area contributed by atoms with Crippen LogP contribution in [0.4, 0.5) is 0 Å². The third-order valence-electron chi connectivity index (χ3n) is 11.2. The normalized spacial score (nSPS) is 10.9. The van der Waals surface area contributed by atoms with Crippen LogP contribution in [0, 0.1) is 0 Å². The van der Waals surface area contributed by atoms with E-state index in [0.29, 0.717) is 56.0 Å². The van der Waals surface area contributed by atoms with E-state index in [0.717, 1.165) is 50.9 Å². The summed E-state index contributed by atoms with van der Waals surface area (Å²) in [5.41, 5.74) is 9.98. The van der Waals surface area contributed by atoms with E-state index in [4.69, 9.17) is 9.84 Å². The standard InChI is InChI=1S/C29H28N4O3.C28H26N4O3/c1-36-29(35)17-23-10-8-22(9-11-23)16-28(34)24-12-13-27(32-18-24)21-33(19-25-6-2-4-14-30-25)20-26-7-3-5-15-31-26;33-27(15-21-7-9-22(10-8-21)16-28(34)35)23-11-12-26(31-17-23)20-32(18-24-5-1-3-13-29-24)19-25-6-2-4-14-30-25/h2-15,18H,16-17,19-21H2,1H3;1-14,17H,15-16,18-20H2,(H,34,35). The van der Waals surface area contributed by atoms with Gasteiger partial charge in [-0.25, -0.2) is 0 Å². The molecule has 0 bridgehead atoms. The lowest BCUT2D eigenvalue weighted by Gasteiger charge is -2.21. The minimum absolute atomic E-state index is 0.00593. The van der Waals surface area contributed by atoms with Gasteiger partial charge in [0.05, 0.1) is 54.1 Å². The third kappa shape index (κ3) is 16.9. The third-order valence-corrected chi connectivity index (χ3v) is 11.2. The molecule has 14 heteroatoms. The maximum Gasteiger partial charge on any atom is 0.309 e. The number of carboxylic acid groups (broad SMARTS) is 1. The first kappa shape index (κ1) is 50.4. The average molecular weight is 947 g/mol. The molecule has 0 fully saturated rings. The van der Waals surface area contributed by atoms with Gasteiger partial charge < -0.3 is 9.84 Å². The van der Waals surface area contributed by atoms with E-state index in [1.165, 1.54) is 7.11 Å². The lowest BCUT2D eigenvalue weighted by molar-refractivity contribution is -0.140. The number of carboxylic acids is 1. The maximum atomic E-state index is 12.8. The van der Waals surface area contributed by atoms with E-state index in [2.05, 4.69) is 39.7 Å². The number of rotatable bonds is 22. The van der Waals surface area contributed by atoms with Gasteiger partial charge in [0.1, 0.15) is 0 Å². The van der Waals surface area contributed by atoms with Crippen LogP contribution in [-0.4, -0.2) is 75.4 Å². The van der Waals surface area contributed by atoms with Crippen LogP contribution in [0.15, 0.2) is 183 Å². The van der Waals surface area contributed by atoms with Crippen molar-refractivity contribution in [3.05, 3.63) is 250 Å². The van der Waals surface area contributed by atoms with Gasteiger partial charge in [0, 0.05) is 100 Å². The predicted octanol–water partition coefficient (Wildman–Crippen LogP) is 8.34. The Morgan fingerprint density at radius 3 is 0.972 bits per heavy atom. The van der Waals surface area contributed by atoms with E-state index >= 15 is 0 Å². The van der Waals surface area contributed by atoms with Crippen LogP contribution < -0.4 is 0 Å². The summed E-state index contributed by atoms with van der Waals surface area (Å²) < 4.78 is 4.69. The highest BCUT2D eigenvalue weighted by atomic mass is 16.5. The first-order valence-electron chi connectivity index (χ1n) is 23.1. The fourth-order valence-corrected chi connectivity index (χ4v) is 7.58. The molecule has 14 nitrogen and oxygen atoms in total. The summed E-state index contributed by atoms with van der Waals surface area (Å²) in [6.45, 7) is 3.81. The summed E-state index contributed by atoms with van der Waals surface area (Å²) in [5, 5.41) is 8.88. The Balaban J connectivity index is 0.000000209. The molecule has 6 aromatic heterocycles. The van der Waals surface area contributed by atoms with Crippen LogP contribution in [0.5, 0.6) is 0 Å². The quantitative estimate of drug-likeness (QED) is 0.0506. The second-order valence-corrected chi connectivity index (χ2v) is 16.8. The summed E-state index contributed by atoms with van der Waals surface area (Å²) >= 11 is 0. The molecule has 71 heavy (non-hydrogen) atoms. The maximum absolute atomic E-state index is 12.8. The van der Waals surface area contributed by atoms with Gasteiger partial charge in [-0.3, -0.25) is 58.9 Å². The van der Waals surface area contributed by atoms with Crippen LogP contribution in [0.1, 0.15) is 77.1 Å². The molecule has 0 saturated heterocycles. The van der Waals surface area contributed by atoms with E-state index < -0.39 is 5.97 Å². The van der Waals surface area contributed by atoms with Gasteiger partial charge in [0.2, 0.25) is 0 Å². The van der Waals surface area contributed by atoms with E-state index in [1.54, 1.807) is 61.4 Å². The monoisotopic (exact) mass is 946 g/mol. The summed E-state index contributed by atoms with van der Waals surface area (Å²) in [6, 6.07) is 45.4. The molecule has 0 aliphatic heterocycles. The number of methoxy groups -OCH3 is 1. The Morgan fingerprint density at radius 1 is 0.394 bits per heavy atom. The molecule has 8 rings (SSSR count). The molecule has 0 aliphatic rings. The first-order valence-corrected chi connectivity index (χ1v) is 23.1. The summed E-state index contributed by atoms with van der Waals surface area (Å²) in [7, 11) is 1.37. The number of esters is 1. The number of carbonyl (C=O) groups is 4. The average Bonchev–Trinajstić information content (AvgIpc) is 3.39. The molecule has 0 amide bonds. The molecule has 0 aliphatic carbocycles. The summed E-state index contributed by atoms with van der Waals surface area (Å²) in [4.78, 5) is 79.1. The van der Waals surface area contributed by atoms with Crippen LogP contribution in [0.25, 0.3) is 0 Å². The molecule has 358 valence electrons. The van der Waals surface area contributed by atoms with Crippen molar-refractivity contribution in [3.8, 4) is 0 Å². The number of Topliss-reactive ketones (excluding diaryl/α,β-unsaturated/α-hetero) is 2. The van der Waals surface area contributed by atoms with E-state index in [9.17, 15) is 19.2 Å². The van der Waals surface area contributed by atoms with Gasteiger partial charge in [-0.2, -0.15) is 0 Å². The fraction of sp³-hybridized carbons (Fsp3) is 0.193. The van der Waals surface area contributed by atoms with Gasteiger partial charge in [0.15, 0.2) is 11.6 Å². The van der Waals surface area contributed by atoms with Crippen molar-refractivity contribution >= 4 is 23.5 Å². The number of ether oxygens (including phenoxy) is 1. The van der Waals surface area contributed by atoms with Gasteiger partial charge in [0.25, 0.3) is 0 Å². The Morgan fingerprint density at radius 2 is 0.704 bits per heavy atom. The highest BCUT2D eigenvalue weighted by Crippen LogP contribution is 2.16. The Bertz CT molecular complexity index is 2830. The van der Waals surface area contributed by atoms with Crippen LogP contribution in [0.3, 0.4) is 0 Å². The van der Waals surface area contributed by atoms with Crippen molar-refractivity contribution in [1.29, 1.82) is 0 Å². The molecule has 2 aromatic carbocycles. The zero-order valence-electron chi connectivity index (χ0n) is 39.5. The number of hydrogen-bond donors (Lipinski definition) is 1. The van der Waals surface area contributed by atoms with Crippen molar-refractivity contribution in [2.45, 2.75) is 65.0 Å². The topological polar surface area (TPSA) is 182 Å². The summed E-state index contributed by atoms with van der Waals surface area (Å²) in [5.74, 6) is -1.20. The SMILES string of the molecule is COC(=O)Cc1ccc(CC(=O)c2ccc(CN(Cc3ccccn3)Cc3ccccn3)nc2)cc1.O=C(O)Cc1ccc(CC(=O)c2ccc(CN(Cc3ccccn3)Cc3ccccn3)nc2)cc1. The molecule has 0 saturated carbocycles. The minimum Gasteiger partial charge on any atom is -0.481 e.